The summed E-state index contributed by atoms with van der Waals surface area (Å²) in [5.41, 5.74) is -0.00560. The van der Waals surface area contributed by atoms with Gasteiger partial charge in [-0.2, -0.15) is 0 Å². The van der Waals surface area contributed by atoms with Crippen molar-refractivity contribution in [2.75, 3.05) is 6.61 Å². The Labute approximate surface area is 173 Å². The van der Waals surface area contributed by atoms with Crippen molar-refractivity contribution < 1.29 is 14.6 Å². The Balaban J connectivity index is 1.81. The molecule has 3 rings (SSSR count). The Morgan fingerprint density at radius 3 is 2.64 bits per heavy atom. The number of rotatable bonds is 7. The van der Waals surface area contributed by atoms with E-state index in [0.29, 0.717) is 24.2 Å². The summed E-state index contributed by atoms with van der Waals surface area (Å²) >= 11 is 0. The van der Waals surface area contributed by atoms with Crippen LogP contribution < -0.4 is 0 Å². The first-order valence-electron chi connectivity index (χ1n) is 12.2. The second-order valence-corrected chi connectivity index (χ2v) is 10.4. The Hall–Kier alpha value is -0.410. The normalized spacial score (nSPS) is 40.9. The molecule has 3 saturated carbocycles. The zero-order valence-corrected chi connectivity index (χ0v) is 18.8. The molecule has 0 heterocycles. The second kappa shape index (κ2) is 9.16. The lowest BCUT2D eigenvalue weighted by atomic mass is 9.53. The van der Waals surface area contributed by atoms with Crippen LogP contribution in [0.5, 0.6) is 0 Å². The van der Waals surface area contributed by atoms with Gasteiger partial charge >= 0.3 is 0 Å². The number of fused-ring (bicyclic) bond motifs is 3. The molecule has 3 aliphatic carbocycles. The molecule has 0 spiro atoms. The maximum atomic E-state index is 13.2. The topological polar surface area (TPSA) is 46.5 Å². The van der Waals surface area contributed by atoms with Gasteiger partial charge in [-0.1, -0.05) is 33.1 Å². The summed E-state index contributed by atoms with van der Waals surface area (Å²) in [6.45, 7) is 9.01. The molecule has 3 aliphatic rings. The van der Waals surface area contributed by atoms with E-state index in [0.717, 1.165) is 62.7 Å². The summed E-state index contributed by atoms with van der Waals surface area (Å²) in [6.07, 6.45) is 13.5. The predicted molar refractivity (Wildman–Crippen MR) is 114 cm³/mol. The third kappa shape index (κ3) is 4.36. The van der Waals surface area contributed by atoms with Gasteiger partial charge in [0.25, 0.3) is 0 Å². The molecule has 0 radical (unpaired) electrons. The van der Waals surface area contributed by atoms with Crippen LogP contribution in [0.2, 0.25) is 0 Å². The highest BCUT2D eigenvalue weighted by Gasteiger charge is 2.54. The first-order valence-corrected chi connectivity index (χ1v) is 12.2. The zero-order valence-electron chi connectivity index (χ0n) is 18.8. The van der Waals surface area contributed by atoms with Crippen molar-refractivity contribution in [1.29, 1.82) is 0 Å². The molecule has 0 aromatic rings. The number of carbonyl (C=O) groups excluding carboxylic acids is 1. The van der Waals surface area contributed by atoms with Gasteiger partial charge in [0.1, 0.15) is 5.78 Å². The fourth-order valence-electron chi connectivity index (χ4n) is 7.58. The summed E-state index contributed by atoms with van der Waals surface area (Å²) in [5, 5.41) is 10.5. The minimum atomic E-state index is -1.00. The number of carbonyl (C=O) groups is 1. The van der Waals surface area contributed by atoms with E-state index in [-0.39, 0.29) is 5.41 Å². The summed E-state index contributed by atoms with van der Waals surface area (Å²) in [5.74, 6) is 3.05. The van der Waals surface area contributed by atoms with Crippen LogP contribution in [0.25, 0.3) is 0 Å². The number of Topliss-reactive ketones (excluding diaryl/α,β-unsaturated/α-hetero) is 1. The van der Waals surface area contributed by atoms with E-state index in [2.05, 4.69) is 13.8 Å². The van der Waals surface area contributed by atoms with Crippen molar-refractivity contribution in [2.45, 2.75) is 111 Å². The Bertz CT molecular complexity index is 528. The van der Waals surface area contributed by atoms with Crippen LogP contribution in [0, 0.1) is 35.0 Å². The van der Waals surface area contributed by atoms with Gasteiger partial charge in [-0.05, 0) is 88.4 Å². The molecule has 0 aromatic heterocycles. The summed E-state index contributed by atoms with van der Waals surface area (Å²) in [4.78, 5) is 13.2. The Kier molecular flexibility index (Phi) is 7.29. The molecule has 7 atom stereocenters. The highest BCUT2D eigenvalue weighted by molar-refractivity contribution is 5.86. The van der Waals surface area contributed by atoms with Crippen LogP contribution in [0.1, 0.15) is 105 Å². The van der Waals surface area contributed by atoms with E-state index in [1.54, 1.807) is 0 Å². The molecular formula is C25H44O3. The Morgan fingerprint density at radius 1 is 1.14 bits per heavy atom. The van der Waals surface area contributed by atoms with Gasteiger partial charge in [0, 0.05) is 24.9 Å². The molecular weight excluding hydrogens is 348 g/mol. The monoisotopic (exact) mass is 392 g/mol. The lowest BCUT2D eigenvalue weighted by molar-refractivity contribution is -0.195. The average molecular weight is 393 g/mol. The van der Waals surface area contributed by atoms with Crippen molar-refractivity contribution >= 4 is 5.78 Å². The number of ketones is 1. The van der Waals surface area contributed by atoms with Gasteiger partial charge in [-0.25, -0.2) is 0 Å². The molecule has 7 unspecified atom stereocenters. The minimum absolute atomic E-state index is 0.00560. The first kappa shape index (κ1) is 22.3. The van der Waals surface area contributed by atoms with Crippen LogP contribution in [0.15, 0.2) is 0 Å². The molecule has 0 aromatic carbocycles. The van der Waals surface area contributed by atoms with E-state index in [1.165, 1.54) is 32.1 Å². The van der Waals surface area contributed by atoms with Gasteiger partial charge in [0.05, 0.1) is 0 Å². The summed E-state index contributed by atoms with van der Waals surface area (Å²) in [6, 6.07) is 0. The predicted octanol–water partition coefficient (Wildman–Crippen LogP) is 6.13. The van der Waals surface area contributed by atoms with Gasteiger partial charge in [0.15, 0.2) is 5.79 Å². The van der Waals surface area contributed by atoms with Crippen molar-refractivity contribution in [3.8, 4) is 0 Å². The number of ether oxygens (including phenoxy) is 1. The van der Waals surface area contributed by atoms with Crippen molar-refractivity contribution in [3.05, 3.63) is 0 Å². The molecule has 28 heavy (non-hydrogen) atoms. The lowest BCUT2D eigenvalue weighted by Crippen LogP contribution is -2.47. The molecule has 3 nitrogen and oxygen atoms in total. The zero-order chi connectivity index (χ0) is 20.4. The SMILES string of the molecule is CCCC12CCCC3C(CCC(C)(O)OCC)C(C)CCC3C1CCCC2=O. The molecule has 1 N–H and O–H groups in total. The number of hydrogen-bond acceptors (Lipinski definition) is 3. The number of aliphatic hydroxyl groups is 1. The number of hydrogen-bond donors (Lipinski definition) is 1. The highest BCUT2D eigenvalue weighted by atomic mass is 16.6. The van der Waals surface area contributed by atoms with Gasteiger partial charge < -0.3 is 9.84 Å². The van der Waals surface area contributed by atoms with Gasteiger partial charge in [-0.3, -0.25) is 4.79 Å². The van der Waals surface area contributed by atoms with E-state index in [9.17, 15) is 9.90 Å². The molecule has 3 fully saturated rings. The summed E-state index contributed by atoms with van der Waals surface area (Å²) in [7, 11) is 0. The molecule has 162 valence electrons. The van der Waals surface area contributed by atoms with Crippen LogP contribution >= 0.6 is 0 Å². The molecule has 0 bridgehead atoms. The lowest BCUT2D eigenvalue weighted by Gasteiger charge is -2.51. The van der Waals surface area contributed by atoms with Gasteiger partial charge in [-0.15, -0.1) is 0 Å². The smallest absolute Gasteiger partial charge is 0.162 e. The van der Waals surface area contributed by atoms with Crippen molar-refractivity contribution in [3.63, 3.8) is 0 Å². The fourth-order valence-corrected chi connectivity index (χ4v) is 7.58. The third-order valence-electron chi connectivity index (χ3n) is 8.74. The third-order valence-corrected chi connectivity index (χ3v) is 8.74. The summed E-state index contributed by atoms with van der Waals surface area (Å²) < 4.78 is 5.58. The molecule has 0 amide bonds. The van der Waals surface area contributed by atoms with Crippen LogP contribution in [0.4, 0.5) is 0 Å². The minimum Gasteiger partial charge on any atom is -0.366 e. The van der Waals surface area contributed by atoms with Gasteiger partial charge in [0.2, 0.25) is 0 Å². The first-order chi connectivity index (χ1) is 13.3. The average Bonchev–Trinajstić information content (AvgIpc) is 2.79. The quantitative estimate of drug-likeness (QED) is 0.530. The van der Waals surface area contributed by atoms with E-state index in [1.807, 2.05) is 13.8 Å². The van der Waals surface area contributed by atoms with Crippen LogP contribution in [-0.4, -0.2) is 23.3 Å². The van der Waals surface area contributed by atoms with E-state index < -0.39 is 5.79 Å². The molecule has 0 aliphatic heterocycles. The van der Waals surface area contributed by atoms with E-state index in [4.69, 9.17) is 4.74 Å². The largest absolute Gasteiger partial charge is 0.366 e. The standard InChI is InChI=1S/C25H44O3/c1-5-15-25-16-8-9-20-19(14-17-24(4,27)28-6-2)18(3)12-13-21(20)22(25)10-7-11-23(25)26/h18-22,27H,5-17H2,1-4H3. The molecule has 0 saturated heterocycles. The van der Waals surface area contributed by atoms with E-state index >= 15 is 0 Å². The van der Waals surface area contributed by atoms with Crippen molar-refractivity contribution in [1.82, 2.24) is 0 Å². The highest BCUT2D eigenvalue weighted by Crippen LogP contribution is 2.59. The second-order valence-electron chi connectivity index (χ2n) is 10.4. The van der Waals surface area contributed by atoms with Crippen LogP contribution in [0.3, 0.4) is 0 Å². The maximum Gasteiger partial charge on any atom is 0.162 e. The van der Waals surface area contributed by atoms with Crippen LogP contribution in [-0.2, 0) is 9.53 Å². The maximum absolute atomic E-state index is 13.2. The van der Waals surface area contributed by atoms with Crippen molar-refractivity contribution in [2.24, 2.45) is 35.0 Å². The fraction of sp³-hybridized carbons (Fsp3) is 0.960. The Morgan fingerprint density at radius 2 is 1.93 bits per heavy atom. The molecule has 3 heteroatoms.